The predicted octanol–water partition coefficient (Wildman–Crippen LogP) is 1.79. The van der Waals surface area contributed by atoms with Gasteiger partial charge in [0.25, 0.3) is 5.91 Å². The molecule has 1 aromatic carbocycles. The lowest BCUT2D eigenvalue weighted by Gasteiger charge is -2.22. The van der Waals surface area contributed by atoms with Gasteiger partial charge in [0, 0.05) is 19.1 Å². The molecule has 0 radical (unpaired) electrons. The van der Waals surface area contributed by atoms with E-state index in [2.05, 4.69) is 10.3 Å². The molecule has 1 aliphatic heterocycles. The summed E-state index contributed by atoms with van der Waals surface area (Å²) in [4.78, 5) is 14.5. The van der Waals surface area contributed by atoms with E-state index in [1.165, 1.54) is 0 Å². The van der Waals surface area contributed by atoms with Gasteiger partial charge in [0.1, 0.15) is 0 Å². The molecule has 1 fully saturated rings. The molecule has 0 aliphatic carbocycles. The molecule has 0 spiro atoms. The molecule has 6 nitrogen and oxygen atoms in total. The molecule has 1 amide bonds. The van der Waals surface area contributed by atoms with Crippen LogP contribution in [0.3, 0.4) is 0 Å². The Morgan fingerprint density at radius 3 is 2.95 bits per heavy atom. The van der Waals surface area contributed by atoms with Crippen LogP contribution in [0.25, 0.3) is 5.69 Å². The number of rotatable bonds is 3. The van der Waals surface area contributed by atoms with Crippen molar-refractivity contribution in [2.45, 2.75) is 25.8 Å². The van der Waals surface area contributed by atoms with E-state index in [0.29, 0.717) is 28.6 Å². The standard InChI is InChI=1S/C15H18ClN5O/c1-10-14(15(22)20-8-4-5-11(20)9-17)18-19-21(10)13-7-3-2-6-12(13)16/h2-3,6-7,11H,4-5,8-9,17H2,1H3/t11-/m0/s1. The van der Waals surface area contributed by atoms with Crippen LogP contribution in [0, 0.1) is 6.92 Å². The molecule has 7 heteroatoms. The molecule has 1 aromatic heterocycles. The number of benzene rings is 1. The van der Waals surface area contributed by atoms with Crippen LogP contribution in [0.1, 0.15) is 29.0 Å². The van der Waals surface area contributed by atoms with Gasteiger partial charge in [-0.15, -0.1) is 5.10 Å². The molecule has 0 saturated carbocycles. The molecule has 1 saturated heterocycles. The Hall–Kier alpha value is -1.92. The van der Waals surface area contributed by atoms with Crippen LogP contribution in [0.15, 0.2) is 24.3 Å². The number of halogens is 1. The summed E-state index contributed by atoms with van der Waals surface area (Å²) >= 11 is 6.19. The third-order valence-electron chi connectivity index (χ3n) is 4.09. The van der Waals surface area contributed by atoms with Crippen molar-refractivity contribution in [2.24, 2.45) is 5.73 Å². The highest BCUT2D eigenvalue weighted by molar-refractivity contribution is 6.32. The molecule has 0 bridgehead atoms. The Morgan fingerprint density at radius 2 is 2.23 bits per heavy atom. The molecule has 1 atom stereocenters. The first-order valence-electron chi connectivity index (χ1n) is 7.31. The average molecular weight is 320 g/mol. The Bertz CT molecular complexity index is 699. The van der Waals surface area contributed by atoms with Crippen molar-refractivity contribution in [2.75, 3.05) is 13.1 Å². The minimum atomic E-state index is -0.108. The topological polar surface area (TPSA) is 77.0 Å². The monoisotopic (exact) mass is 319 g/mol. The summed E-state index contributed by atoms with van der Waals surface area (Å²) in [6.07, 6.45) is 1.92. The molecular formula is C15H18ClN5O. The average Bonchev–Trinajstić information content (AvgIpc) is 3.14. The number of amides is 1. The van der Waals surface area contributed by atoms with Gasteiger partial charge in [-0.25, -0.2) is 4.68 Å². The quantitative estimate of drug-likeness (QED) is 0.935. The second-order valence-electron chi connectivity index (χ2n) is 5.42. The fraction of sp³-hybridized carbons (Fsp3) is 0.400. The normalized spacial score (nSPS) is 18.0. The second-order valence-corrected chi connectivity index (χ2v) is 5.82. The highest BCUT2D eigenvalue weighted by Crippen LogP contribution is 2.23. The molecule has 2 aromatic rings. The predicted molar refractivity (Wildman–Crippen MR) is 84.2 cm³/mol. The number of aromatic nitrogens is 3. The fourth-order valence-electron chi connectivity index (χ4n) is 2.86. The highest BCUT2D eigenvalue weighted by atomic mass is 35.5. The molecule has 1 aliphatic rings. The maximum Gasteiger partial charge on any atom is 0.276 e. The Balaban J connectivity index is 1.94. The Kier molecular flexibility index (Phi) is 4.13. The SMILES string of the molecule is Cc1c(C(=O)N2CCC[C@H]2CN)nnn1-c1ccccc1Cl. The minimum Gasteiger partial charge on any atom is -0.333 e. The van der Waals surface area contributed by atoms with Crippen LogP contribution >= 0.6 is 11.6 Å². The summed E-state index contributed by atoms with van der Waals surface area (Å²) < 4.78 is 1.60. The van der Waals surface area contributed by atoms with Gasteiger partial charge in [-0.1, -0.05) is 28.9 Å². The van der Waals surface area contributed by atoms with E-state index >= 15 is 0 Å². The fourth-order valence-corrected chi connectivity index (χ4v) is 3.08. The van der Waals surface area contributed by atoms with Gasteiger partial charge >= 0.3 is 0 Å². The van der Waals surface area contributed by atoms with E-state index in [1.807, 2.05) is 25.1 Å². The van der Waals surface area contributed by atoms with E-state index in [1.54, 1.807) is 15.6 Å². The first kappa shape index (κ1) is 15.0. The van der Waals surface area contributed by atoms with Crippen LogP contribution in [-0.4, -0.2) is 44.9 Å². The maximum absolute atomic E-state index is 12.7. The van der Waals surface area contributed by atoms with E-state index in [4.69, 9.17) is 17.3 Å². The molecule has 0 unspecified atom stereocenters. The van der Waals surface area contributed by atoms with Crippen molar-refractivity contribution >= 4 is 17.5 Å². The lowest BCUT2D eigenvalue weighted by atomic mass is 10.2. The maximum atomic E-state index is 12.7. The lowest BCUT2D eigenvalue weighted by Crippen LogP contribution is -2.40. The van der Waals surface area contributed by atoms with E-state index in [9.17, 15) is 4.79 Å². The zero-order valence-electron chi connectivity index (χ0n) is 12.4. The summed E-state index contributed by atoms with van der Waals surface area (Å²) in [7, 11) is 0. The molecule has 2 heterocycles. The third-order valence-corrected chi connectivity index (χ3v) is 4.41. The number of para-hydroxylation sites is 1. The van der Waals surface area contributed by atoms with Gasteiger partial charge in [-0.2, -0.15) is 0 Å². The molecule has 3 rings (SSSR count). The largest absolute Gasteiger partial charge is 0.333 e. The van der Waals surface area contributed by atoms with Gasteiger partial charge in [0.05, 0.1) is 16.4 Å². The van der Waals surface area contributed by atoms with Crippen LogP contribution in [0.4, 0.5) is 0 Å². The molecular weight excluding hydrogens is 302 g/mol. The molecule has 22 heavy (non-hydrogen) atoms. The van der Waals surface area contributed by atoms with Crippen molar-refractivity contribution in [1.29, 1.82) is 0 Å². The van der Waals surface area contributed by atoms with Gasteiger partial charge in [-0.3, -0.25) is 4.79 Å². The number of carbonyl (C=O) groups is 1. The van der Waals surface area contributed by atoms with Crippen LogP contribution in [0.2, 0.25) is 5.02 Å². The number of nitrogens with zero attached hydrogens (tertiary/aromatic N) is 4. The zero-order chi connectivity index (χ0) is 15.7. The number of hydrogen-bond acceptors (Lipinski definition) is 4. The summed E-state index contributed by atoms with van der Waals surface area (Å²) in [6, 6.07) is 7.44. The first-order chi connectivity index (χ1) is 10.6. The zero-order valence-corrected chi connectivity index (χ0v) is 13.1. The van der Waals surface area contributed by atoms with Crippen LogP contribution in [0.5, 0.6) is 0 Å². The van der Waals surface area contributed by atoms with Crippen LogP contribution < -0.4 is 5.73 Å². The number of likely N-dealkylation sites (tertiary alicyclic amines) is 1. The number of hydrogen-bond donors (Lipinski definition) is 1. The number of nitrogens with two attached hydrogens (primary N) is 1. The first-order valence-corrected chi connectivity index (χ1v) is 7.69. The third kappa shape index (κ3) is 2.48. The lowest BCUT2D eigenvalue weighted by molar-refractivity contribution is 0.0734. The summed E-state index contributed by atoms with van der Waals surface area (Å²) in [5.41, 5.74) is 7.50. The smallest absolute Gasteiger partial charge is 0.276 e. The molecule has 2 N–H and O–H groups in total. The summed E-state index contributed by atoms with van der Waals surface area (Å²) in [5, 5.41) is 8.73. The van der Waals surface area contributed by atoms with Crippen molar-refractivity contribution < 1.29 is 4.79 Å². The minimum absolute atomic E-state index is 0.0948. The van der Waals surface area contributed by atoms with Gasteiger partial charge in [-0.05, 0) is 31.9 Å². The van der Waals surface area contributed by atoms with E-state index < -0.39 is 0 Å². The Morgan fingerprint density at radius 1 is 1.45 bits per heavy atom. The van der Waals surface area contributed by atoms with Crippen molar-refractivity contribution in [1.82, 2.24) is 19.9 Å². The van der Waals surface area contributed by atoms with Gasteiger partial charge < -0.3 is 10.6 Å². The van der Waals surface area contributed by atoms with Crippen molar-refractivity contribution in [3.63, 3.8) is 0 Å². The van der Waals surface area contributed by atoms with Crippen molar-refractivity contribution in [3.8, 4) is 5.69 Å². The second kappa shape index (κ2) is 6.06. The van der Waals surface area contributed by atoms with Gasteiger partial charge in [0.2, 0.25) is 0 Å². The van der Waals surface area contributed by atoms with Crippen molar-refractivity contribution in [3.05, 3.63) is 40.7 Å². The van der Waals surface area contributed by atoms with E-state index in [-0.39, 0.29) is 11.9 Å². The molecule has 116 valence electrons. The van der Waals surface area contributed by atoms with Gasteiger partial charge in [0.15, 0.2) is 5.69 Å². The highest BCUT2D eigenvalue weighted by Gasteiger charge is 2.31. The Labute approximate surface area is 133 Å². The van der Waals surface area contributed by atoms with E-state index in [0.717, 1.165) is 19.4 Å². The number of carbonyl (C=O) groups excluding carboxylic acids is 1. The summed E-state index contributed by atoms with van der Waals surface area (Å²) in [5.74, 6) is -0.108. The summed E-state index contributed by atoms with van der Waals surface area (Å²) in [6.45, 7) is 3.02. The van der Waals surface area contributed by atoms with Crippen LogP contribution in [-0.2, 0) is 0 Å².